The van der Waals surface area contributed by atoms with Gasteiger partial charge < -0.3 is 14.8 Å². The zero-order chi connectivity index (χ0) is 19.8. The summed E-state index contributed by atoms with van der Waals surface area (Å²) < 4.78 is 11.6. The summed E-state index contributed by atoms with van der Waals surface area (Å²) >= 11 is 3.40. The normalized spacial score (nSPS) is 11.7. The minimum absolute atomic E-state index is 0.0687. The Bertz CT molecular complexity index is 777. The van der Waals surface area contributed by atoms with E-state index in [4.69, 9.17) is 9.47 Å². The van der Waals surface area contributed by atoms with Crippen molar-refractivity contribution in [3.05, 3.63) is 64.1 Å². The zero-order valence-electron chi connectivity index (χ0n) is 15.7. The number of benzene rings is 2. The van der Waals surface area contributed by atoms with Crippen molar-refractivity contribution in [2.45, 2.75) is 32.9 Å². The molecule has 0 saturated carbocycles. The summed E-state index contributed by atoms with van der Waals surface area (Å²) in [6.07, 6.45) is 0.219. The number of nitrogens with one attached hydrogen (secondary N) is 1. The van der Waals surface area contributed by atoms with Gasteiger partial charge in [0.05, 0.1) is 13.5 Å². The van der Waals surface area contributed by atoms with E-state index in [9.17, 15) is 9.59 Å². The van der Waals surface area contributed by atoms with Gasteiger partial charge in [-0.3, -0.25) is 4.79 Å². The Labute approximate surface area is 168 Å². The second-order valence-corrected chi connectivity index (χ2v) is 7.43. The molecule has 2 aromatic carbocycles. The highest BCUT2D eigenvalue weighted by Crippen LogP contribution is 2.24. The van der Waals surface area contributed by atoms with Gasteiger partial charge in [0.15, 0.2) is 0 Å². The molecule has 2 aromatic rings. The van der Waals surface area contributed by atoms with Gasteiger partial charge in [-0.25, -0.2) is 4.79 Å². The largest absolute Gasteiger partial charge is 0.496 e. The lowest BCUT2D eigenvalue weighted by Gasteiger charge is -2.21. The molecule has 6 heteroatoms. The lowest BCUT2D eigenvalue weighted by Crippen LogP contribution is -2.45. The molecule has 144 valence electrons. The van der Waals surface area contributed by atoms with Crippen LogP contribution in [0, 0.1) is 5.92 Å². The number of hydrogen-bond acceptors (Lipinski definition) is 4. The molecule has 2 rings (SSSR count). The SMILES string of the molecule is COc1ccc(Br)cc1COC(=O)[C@@H](NC(=O)Cc1ccccc1)C(C)C. The Morgan fingerprint density at radius 1 is 1.11 bits per heavy atom. The Balaban J connectivity index is 1.98. The molecule has 0 bridgehead atoms. The predicted octanol–water partition coefficient (Wildman–Crippen LogP) is 3.88. The van der Waals surface area contributed by atoms with Crippen LogP contribution in [0.15, 0.2) is 53.0 Å². The molecule has 1 amide bonds. The Morgan fingerprint density at radius 2 is 1.81 bits per heavy atom. The van der Waals surface area contributed by atoms with Gasteiger partial charge in [0, 0.05) is 10.0 Å². The van der Waals surface area contributed by atoms with Gasteiger partial charge in [-0.1, -0.05) is 60.1 Å². The minimum atomic E-state index is -0.709. The lowest BCUT2D eigenvalue weighted by atomic mass is 10.0. The van der Waals surface area contributed by atoms with E-state index < -0.39 is 12.0 Å². The van der Waals surface area contributed by atoms with Crippen LogP contribution in [0.5, 0.6) is 5.75 Å². The Kier molecular flexibility index (Phi) is 7.85. The number of hydrogen-bond donors (Lipinski definition) is 1. The third kappa shape index (κ3) is 6.40. The van der Waals surface area contributed by atoms with Crippen molar-refractivity contribution in [3.63, 3.8) is 0 Å². The fraction of sp³-hybridized carbons (Fsp3) is 0.333. The molecule has 0 fully saturated rings. The Hall–Kier alpha value is -2.34. The summed E-state index contributed by atoms with van der Waals surface area (Å²) in [4.78, 5) is 24.8. The third-order valence-electron chi connectivity index (χ3n) is 4.06. The summed E-state index contributed by atoms with van der Waals surface area (Å²) in [5.41, 5.74) is 1.64. The average molecular weight is 434 g/mol. The number of ether oxygens (including phenoxy) is 2. The van der Waals surface area contributed by atoms with Gasteiger partial charge >= 0.3 is 5.97 Å². The van der Waals surface area contributed by atoms with Crippen molar-refractivity contribution in [2.75, 3.05) is 7.11 Å². The highest BCUT2D eigenvalue weighted by atomic mass is 79.9. The molecule has 0 saturated heterocycles. The number of esters is 1. The van der Waals surface area contributed by atoms with Crippen LogP contribution in [0.1, 0.15) is 25.0 Å². The number of rotatable bonds is 8. The molecule has 27 heavy (non-hydrogen) atoms. The van der Waals surface area contributed by atoms with Crippen LogP contribution < -0.4 is 10.1 Å². The summed E-state index contributed by atoms with van der Waals surface area (Å²) in [7, 11) is 1.56. The molecule has 1 N–H and O–H groups in total. The summed E-state index contributed by atoms with van der Waals surface area (Å²) in [5, 5.41) is 2.79. The number of amides is 1. The molecule has 0 radical (unpaired) electrons. The molecule has 0 aromatic heterocycles. The highest BCUT2D eigenvalue weighted by Gasteiger charge is 2.26. The number of halogens is 1. The van der Waals surface area contributed by atoms with Crippen LogP contribution >= 0.6 is 15.9 Å². The third-order valence-corrected chi connectivity index (χ3v) is 4.55. The molecular weight excluding hydrogens is 410 g/mol. The number of carbonyl (C=O) groups is 2. The van der Waals surface area contributed by atoms with Crippen LogP contribution in [-0.2, 0) is 27.4 Å². The maximum atomic E-state index is 12.5. The molecule has 0 unspecified atom stereocenters. The Morgan fingerprint density at radius 3 is 2.44 bits per heavy atom. The van der Waals surface area contributed by atoms with Crippen LogP contribution in [0.2, 0.25) is 0 Å². The van der Waals surface area contributed by atoms with Gasteiger partial charge in [-0.15, -0.1) is 0 Å². The molecule has 5 nitrogen and oxygen atoms in total. The van der Waals surface area contributed by atoms with Crippen molar-refractivity contribution in [1.29, 1.82) is 0 Å². The topological polar surface area (TPSA) is 64.6 Å². The first kappa shape index (κ1) is 21.0. The number of carbonyl (C=O) groups excluding carboxylic acids is 2. The standard InChI is InChI=1S/C21H24BrNO4/c1-14(2)20(23-19(24)11-15-7-5-4-6-8-15)21(25)27-13-16-12-17(22)9-10-18(16)26-3/h4-10,12,14,20H,11,13H2,1-3H3,(H,23,24)/t20-/m0/s1. The van der Waals surface area contributed by atoms with Gasteiger partial charge in [-0.05, 0) is 29.7 Å². The first-order valence-corrected chi connectivity index (χ1v) is 9.52. The lowest BCUT2D eigenvalue weighted by molar-refractivity contribution is -0.150. The van der Waals surface area contributed by atoms with Crippen molar-refractivity contribution in [1.82, 2.24) is 5.32 Å². The van der Waals surface area contributed by atoms with E-state index in [1.165, 1.54) is 0 Å². The predicted molar refractivity (Wildman–Crippen MR) is 107 cm³/mol. The van der Waals surface area contributed by atoms with E-state index in [2.05, 4.69) is 21.2 Å². The quantitative estimate of drug-likeness (QED) is 0.641. The van der Waals surface area contributed by atoms with Gasteiger partial charge in [0.1, 0.15) is 18.4 Å². The van der Waals surface area contributed by atoms with E-state index in [-0.39, 0.29) is 24.9 Å². The monoisotopic (exact) mass is 433 g/mol. The van der Waals surface area contributed by atoms with Crippen LogP contribution in [-0.4, -0.2) is 25.0 Å². The van der Waals surface area contributed by atoms with Crippen molar-refractivity contribution in [3.8, 4) is 5.75 Å². The van der Waals surface area contributed by atoms with Crippen molar-refractivity contribution >= 4 is 27.8 Å². The maximum absolute atomic E-state index is 12.5. The van der Waals surface area contributed by atoms with Gasteiger partial charge in [0.25, 0.3) is 0 Å². The average Bonchev–Trinajstić information content (AvgIpc) is 2.65. The molecule has 1 atom stereocenters. The van der Waals surface area contributed by atoms with E-state index >= 15 is 0 Å². The first-order valence-electron chi connectivity index (χ1n) is 8.73. The highest BCUT2D eigenvalue weighted by molar-refractivity contribution is 9.10. The van der Waals surface area contributed by atoms with Crippen LogP contribution in [0.4, 0.5) is 0 Å². The van der Waals surface area contributed by atoms with Crippen molar-refractivity contribution < 1.29 is 19.1 Å². The number of methoxy groups -OCH3 is 1. The van der Waals surface area contributed by atoms with E-state index in [1.54, 1.807) is 13.2 Å². The smallest absolute Gasteiger partial charge is 0.329 e. The second kappa shape index (κ2) is 10.1. The minimum Gasteiger partial charge on any atom is -0.496 e. The molecule has 0 heterocycles. The fourth-order valence-corrected chi connectivity index (χ4v) is 3.01. The van der Waals surface area contributed by atoms with Gasteiger partial charge in [0.2, 0.25) is 5.91 Å². The van der Waals surface area contributed by atoms with E-state index in [0.29, 0.717) is 5.75 Å². The molecule has 0 aliphatic heterocycles. The summed E-state index contributed by atoms with van der Waals surface area (Å²) in [6.45, 7) is 3.81. The van der Waals surface area contributed by atoms with Crippen LogP contribution in [0.3, 0.4) is 0 Å². The summed E-state index contributed by atoms with van der Waals surface area (Å²) in [6, 6.07) is 14.2. The fourth-order valence-electron chi connectivity index (χ4n) is 2.60. The molecular formula is C21H24BrNO4. The van der Waals surface area contributed by atoms with Gasteiger partial charge in [-0.2, -0.15) is 0 Å². The second-order valence-electron chi connectivity index (χ2n) is 6.52. The maximum Gasteiger partial charge on any atom is 0.329 e. The van der Waals surface area contributed by atoms with Crippen molar-refractivity contribution in [2.24, 2.45) is 5.92 Å². The first-order chi connectivity index (χ1) is 12.9. The molecule has 0 spiro atoms. The molecule has 0 aliphatic carbocycles. The zero-order valence-corrected chi connectivity index (χ0v) is 17.3. The van der Waals surface area contributed by atoms with Crippen LogP contribution in [0.25, 0.3) is 0 Å². The van der Waals surface area contributed by atoms with E-state index in [0.717, 1.165) is 15.6 Å². The van der Waals surface area contributed by atoms with E-state index in [1.807, 2.05) is 56.3 Å². The summed E-state index contributed by atoms with van der Waals surface area (Å²) in [5.74, 6) is -0.132. The molecule has 0 aliphatic rings.